The van der Waals surface area contributed by atoms with Crippen LogP contribution in [-0.4, -0.2) is 18.2 Å². The van der Waals surface area contributed by atoms with E-state index in [9.17, 15) is 18.0 Å². The minimum Gasteiger partial charge on any atom is -0.481 e. The second kappa shape index (κ2) is 6.33. The highest BCUT2D eigenvalue weighted by atomic mass is 19.4. The van der Waals surface area contributed by atoms with Gasteiger partial charge in [-0.05, 0) is 18.2 Å². The number of alkyl halides is 3. The quantitative estimate of drug-likeness (QED) is 0.938. The van der Waals surface area contributed by atoms with Gasteiger partial charge in [0, 0.05) is 0 Å². The Morgan fingerprint density at radius 1 is 1.23 bits per heavy atom. The van der Waals surface area contributed by atoms with Crippen LogP contribution in [0.25, 0.3) is 0 Å². The van der Waals surface area contributed by atoms with Gasteiger partial charge in [0.05, 0.1) is 19.0 Å². The van der Waals surface area contributed by atoms with Gasteiger partial charge >= 0.3 is 12.3 Å². The van der Waals surface area contributed by atoms with Crippen LogP contribution in [0.4, 0.5) is 23.7 Å². The number of halogens is 3. The minimum atomic E-state index is -4.65. The fraction of sp³-hybridized carbons (Fsp3) is 0.143. The molecule has 1 aromatic heterocycles. The summed E-state index contributed by atoms with van der Waals surface area (Å²) in [6.07, 6.45) is -4.54. The number of carbonyl (C=O) groups excluding carboxylic acids is 1. The molecule has 0 saturated carbocycles. The summed E-state index contributed by atoms with van der Waals surface area (Å²) in [4.78, 5) is 15.1. The van der Waals surface area contributed by atoms with Crippen molar-refractivity contribution in [3.63, 3.8) is 0 Å². The summed E-state index contributed by atoms with van der Waals surface area (Å²) in [6, 6.07) is 8.82. The first-order valence-corrected chi connectivity index (χ1v) is 6.05. The zero-order chi connectivity index (χ0) is 16.2. The van der Waals surface area contributed by atoms with E-state index in [2.05, 4.69) is 15.0 Å². The standard InChI is InChI=1S/C14H11F3N2O3/c1-21-12-11(14(15,16)17)7-9(8-18-12)19-13(20)22-10-5-3-2-4-6-10/h2-8H,1H3,(H,19,20). The number of methoxy groups -OCH3 is 1. The van der Waals surface area contributed by atoms with Crippen LogP contribution in [0.5, 0.6) is 11.6 Å². The van der Waals surface area contributed by atoms with Crippen LogP contribution in [0.15, 0.2) is 42.6 Å². The van der Waals surface area contributed by atoms with Gasteiger partial charge < -0.3 is 9.47 Å². The Bertz CT molecular complexity index is 660. The van der Waals surface area contributed by atoms with Gasteiger partial charge in [-0.25, -0.2) is 9.78 Å². The molecule has 22 heavy (non-hydrogen) atoms. The molecule has 0 aliphatic heterocycles. The molecule has 2 rings (SSSR count). The molecule has 5 nitrogen and oxygen atoms in total. The van der Waals surface area contributed by atoms with Crippen molar-refractivity contribution in [2.75, 3.05) is 12.4 Å². The number of carbonyl (C=O) groups is 1. The van der Waals surface area contributed by atoms with Crippen molar-refractivity contribution in [3.05, 3.63) is 48.2 Å². The van der Waals surface area contributed by atoms with E-state index >= 15 is 0 Å². The van der Waals surface area contributed by atoms with Crippen molar-refractivity contribution < 1.29 is 27.4 Å². The van der Waals surface area contributed by atoms with Crippen LogP contribution >= 0.6 is 0 Å². The van der Waals surface area contributed by atoms with E-state index in [1.54, 1.807) is 18.2 Å². The van der Waals surface area contributed by atoms with E-state index in [-0.39, 0.29) is 11.4 Å². The first kappa shape index (κ1) is 15.6. The summed E-state index contributed by atoms with van der Waals surface area (Å²) in [7, 11) is 1.08. The predicted molar refractivity (Wildman–Crippen MR) is 71.9 cm³/mol. The molecule has 0 atom stereocenters. The largest absolute Gasteiger partial charge is 0.481 e. The number of benzene rings is 1. The molecular weight excluding hydrogens is 301 g/mol. The Hall–Kier alpha value is -2.77. The van der Waals surface area contributed by atoms with E-state index in [0.29, 0.717) is 0 Å². The van der Waals surface area contributed by atoms with Crippen LogP contribution in [0.3, 0.4) is 0 Å². The van der Waals surface area contributed by atoms with Crippen LogP contribution in [0, 0.1) is 0 Å². The Morgan fingerprint density at radius 3 is 2.50 bits per heavy atom. The maximum absolute atomic E-state index is 12.8. The van der Waals surface area contributed by atoms with Gasteiger partial charge in [0.1, 0.15) is 11.3 Å². The molecule has 1 aromatic carbocycles. The Morgan fingerprint density at radius 2 is 1.91 bits per heavy atom. The Balaban J connectivity index is 2.14. The molecule has 0 unspecified atom stereocenters. The highest BCUT2D eigenvalue weighted by molar-refractivity contribution is 5.86. The van der Waals surface area contributed by atoms with Crippen molar-refractivity contribution in [1.82, 2.24) is 4.98 Å². The fourth-order valence-corrected chi connectivity index (χ4v) is 1.63. The topological polar surface area (TPSA) is 60.5 Å². The highest BCUT2D eigenvalue weighted by Crippen LogP contribution is 2.36. The molecule has 0 bridgehead atoms. The normalized spacial score (nSPS) is 10.9. The van der Waals surface area contributed by atoms with Crippen LogP contribution in [-0.2, 0) is 6.18 Å². The second-order valence-corrected chi connectivity index (χ2v) is 4.11. The molecular formula is C14H11F3N2O3. The molecule has 0 aliphatic carbocycles. The number of aromatic nitrogens is 1. The third-order valence-electron chi connectivity index (χ3n) is 2.55. The molecule has 0 radical (unpaired) electrons. The predicted octanol–water partition coefficient (Wildman–Crippen LogP) is 3.72. The first-order valence-electron chi connectivity index (χ1n) is 6.05. The van der Waals surface area contributed by atoms with Gasteiger partial charge in [0.25, 0.3) is 0 Å². The lowest BCUT2D eigenvalue weighted by atomic mass is 10.2. The van der Waals surface area contributed by atoms with Gasteiger partial charge in [-0.2, -0.15) is 13.2 Å². The lowest BCUT2D eigenvalue weighted by Gasteiger charge is -2.12. The van der Waals surface area contributed by atoms with Crippen molar-refractivity contribution in [2.45, 2.75) is 6.18 Å². The average molecular weight is 312 g/mol. The molecule has 1 heterocycles. The highest BCUT2D eigenvalue weighted by Gasteiger charge is 2.35. The summed E-state index contributed by atoms with van der Waals surface area (Å²) < 4.78 is 48.0. The van der Waals surface area contributed by atoms with Gasteiger partial charge in [0.15, 0.2) is 0 Å². The molecule has 1 N–H and O–H groups in total. The molecule has 0 fully saturated rings. The summed E-state index contributed by atoms with van der Waals surface area (Å²) in [5.41, 5.74) is -1.25. The molecule has 116 valence electrons. The number of pyridine rings is 1. The maximum atomic E-state index is 12.8. The van der Waals surface area contributed by atoms with Crippen molar-refractivity contribution >= 4 is 11.8 Å². The molecule has 1 amide bonds. The van der Waals surface area contributed by atoms with E-state index < -0.39 is 23.7 Å². The molecule has 0 spiro atoms. The van der Waals surface area contributed by atoms with Crippen molar-refractivity contribution in [1.29, 1.82) is 0 Å². The van der Waals surface area contributed by atoms with E-state index in [1.165, 1.54) is 12.1 Å². The number of hydrogen-bond acceptors (Lipinski definition) is 4. The number of anilines is 1. The number of amides is 1. The number of nitrogens with zero attached hydrogens (tertiary/aromatic N) is 1. The van der Waals surface area contributed by atoms with Gasteiger partial charge in [0.2, 0.25) is 5.88 Å². The lowest BCUT2D eigenvalue weighted by molar-refractivity contribution is -0.139. The van der Waals surface area contributed by atoms with Gasteiger partial charge in [-0.15, -0.1) is 0 Å². The summed E-state index contributed by atoms with van der Waals surface area (Å²) in [5.74, 6) is -0.313. The minimum absolute atomic E-state index is 0.158. The fourth-order valence-electron chi connectivity index (χ4n) is 1.63. The zero-order valence-corrected chi connectivity index (χ0v) is 11.3. The second-order valence-electron chi connectivity index (χ2n) is 4.11. The molecule has 0 aliphatic rings. The summed E-state index contributed by atoms with van der Waals surface area (Å²) in [6.45, 7) is 0. The van der Waals surface area contributed by atoms with E-state index in [0.717, 1.165) is 19.4 Å². The summed E-state index contributed by atoms with van der Waals surface area (Å²) >= 11 is 0. The number of para-hydroxylation sites is 1. The van der Waals surface area contributed by atoms with E-state index in [4.69, 9.17) is 4.74 Å². The van der Waals surface area contributed by atoms with Gasteiger partial charge in [-0.3, -0.25) is 5.32 Å². The van der Waals surface area contributed by atoms with E-state index in [1.807, 2.05) is 0 Å². The zero-order valence-electron chi connectivity index (χ0n) is 11.3. The Labute approximate surface area is 123 Å². The monoisotopic (exact) mass is 312 g/mol. The molecule has 8 heteroatoms. The summed E-state index contributed by atoms with van der Waals surface area (Å²) in [5, 5.41) is 2.17. The number of rotatable bonds is 3. The van der Waals surface area contributed by atoms with Crippen LogP contribution in [0.2, 0.25) is 0 Å². The van der Waals surface area contributed by atoms with Gasteiger partial charge in [-0.1, -0.05) is 18.2 Å². The lowest BCUT2D eigenvalue weighted by Crippen LogP contribution is -2.18. The smallest absolute Gasteiger partial charge is 0.421 e. The van der Waals surface area contributed by atoms with Crippen molar-refractivity contribution in [3.8, 4) is 11.6 Å². The SMILES string of the molecule is COc1ncc(NC(=O)Oc2ccccc2)cc1C(F)(F)F. The number of hydrogen-bond donors (Lipinski definition) is 1. The number of ether oxygens (including phenoxy) is 2. The maximum Gasteiger partial charge on any atom is 0.421 e. The molecule has 2 aromatic rings. The third-order valence-corrected chi connectivity index (χ3v) is 2.55. The molecule has 0 saturated heterocycles. The number of nitrogens with one attached hydrogen (secondary N) is 1. The Kier molecular flexibility index (Phi) is 4.50. The van der Waals surface area contributed by atoms with Crippen LogP contribution in [0.1, 0.15) is 5.56 Å². The third kappa shape index (κ3) is 3.87. The first-order chi connectivity index (χ1) is 10.4. The van der Waals surface area contributed by atoms with Crippen molar-refractivity contribution in [2.24, 2.45) is 0 Å². The van der Waals surface area contributed by atoms with Crippen LogP contribution < -0.4 is 14.8 Å². The average Bonchev–Trinajstić information content (AvgIpc) is 2.47.